The maximum Gasteiger partial charge on any atom is 0.257 e. The molecule has 1 saturated heterocycles. The number of rotatable bonds is 4. The van der Waals surface area contributed by atoms with Crippen LogP contribution in [0.2, 0.25) is 0 Å². The number of hydrogen-bond acceptors (Lipinski definition) is 4. The average Bonchev–Trinajstić information content (AvgIpc) is 3.34. The zero-order valence-corrected chi connectivity index (χ0v) is 13.9. The van der Waals surface area contributed by atoms with Crippen molar-refractivity contribution >= 4 is 5.91 Å². The molecule has 128 valence electrons. The first-order chi connectivity index (χ1) is 12.3. The second kappa shape index (κ2) is 6.93. The largest absolute Gasteiger partial charge is 0.472 e. The lowest BCUT2D eigenvalue weighted by Gasteiger charge is -2.35. The van der Waals surface area contributed by atoms with Crippen molar-refractivity contribution in [3.63, 3.8) is 0 Å². The van der Waals surface area contributed by atoms with Gasteiger partial charge in [0.15, 0.2) is 5.82 Å². The molecule has 1 fully saturated rings. The summed E-state index contributed by atoms with van der Waals surface area (Å²) in [4.78, 5) is 14.7. The summed E-state index contributed by atoms with van der Waals surface area (Å²) in [5.41, 5.74) is 1.77. The molecular weight excluding hydrogens is 316 g/mol. The molecule has 4 rings (SSSR count). The number of amides is 1. The topological polar surface area (TPSA) is 64.2 Å². The maximum atomic E-state index is 12.8. The van der Waals surface area contributed by atoms with Crippen molar-refractivity contribution < 1.29 is 9.21 Å². The number of carbonyl (C=O) groups is 1. The molecular formula is C19H20N4O2. The van der Waals surface area contributed by atoms with Crippen LogP contribution in [0.15, 0.2) is 59.7 Å². The molecule has 25 heavy (non-hydrogen) atoms. The van der Waals surface area contributed by atoms with Crippen LogP contribution in [0.25, 0.3) is 0 Å². The third-order valence-electron chi connectivity index (χ3n) is 4.67. The molecule has 0 N–H and O–H groups in total. The lowest BCUT2D eigenvalue weighted by Crippen LogP contribution is -2.39. The van der Waals surface area contributed by atoms with Gasteiger partial charge in [-0.15, -0.1) is 10.2 Å². The average molecular weight is 336 g/mol. The van der Waals surface area contributed by atoms with E-state index in [1.807, 2.05) is 27.7 Å². The monoisotopic (exact) mass is 336 g/mol. The number of piperidine rings is 1. The van der Waals surface area contributed by atoms with Gasteiger partial charge in [0.1, 0.15) is 12.6 Å². The van der Waals surface area contributed by atoms with Crippen molar-refractivity contribution in [2.75, 3.05) is 6.54 Å². The van der Waals surface area contributed by atoms with Gasteiger partial charge in [0.05, 0.1) is 24.4 Å². The van der Waals surface area contributed by atoms with Crippen molar-refractivity contribution in [1.29, 1.82) is 0 Å². The van der Waals surface area contributed by atoms with Crippen molar-refractivity contribution in [3.05, 3.63) is 72.2 Å². The molecule has 3 heterocycles. The van der Waals surface area contributed by atoms with E-state index in [9.17, 15) is 4.79 Å². The first-order valence-electron chi connectivity index (χ1n) is 8.58. The fraction of sp³-hybridized carbons (Fsp3) is 0.316. The third-order valence-corrected chi connectivity index (χ3v) is 4.67. The first kappa shape index (κ1) is 15.6. The Morgan fingerprint density at radius 3 is 2.88 bits per heavy atom. The fourth-order valence-corrected chi connectivity index (χ4v) is 3.42. The number of aromatic nitrogens is 3. The second-order valence-corrected chi connectivity index (χ2v) is 6.32. The first-order valence-corrected chi connectivity index (χ1v) is 8.58. The Morgan fingerprint density at radius 2 is 2.08 bits per heavy atom. The van der Waals surface area contributed by atoms with Crippen molar-refractivity contribution in [2.45, 2.75) is 31.8 Å². The van der Waals surface area contributed by atoms with Crippen LogP contribution in [0.5, 0.6) is 0 Å². The Hall–Kier alpha value is -2.89. The van der Waals surface area contributed by atoms with E-state index in [-0.39, 0.29) is 11.9 Å². The molecule has 1 aromatic carbocycles. The minimum Gasteiger partial charge on any atom is -0.472 e. The highest BCUT2D eigenvalue weighted by Gasteiger charge is 2.32. The zero-order valence-electron chi connectivity index (χ0n) is 13.9. The van der Waals surface area contributed by atoms with Gasteiger partial charge >= 0.3 is 0 Å². The summed E-state index contributed by atoms with van der Waals surface area (Å²) in [7, 11) is 0. The normalized spacial score (nSPS) is 17.6. The predicted molar refractivity (Wildman–Crippen MR) is 91.9 cm³/mol. The molecule has 0 bridgehead atoms. The summed E-state index contributed by atoms with van der Waals surface area (Å²) >= 11 is 0. The molecule has 0 radical (unpaired) electrons. The summed E-state index contributed by atoms with van der Waals surface area (Å²) in [6.45, 7) is 1.43. The number of benzene rings is 1. The highest BCUT2D eigenvalue weighted by atomic mass is 16.3. The van der Waals surface area contributed by atoms with Gasteiger partial charge in [-0.2, -0.15) is 0 Å². The molecule has 1 aliphatic rings. The molecule has 6 heteroatoms. The van der Waals surface area contributed by atoms with E-state index in [4.69, 9.17) is 4.42 Å². The molecule has 1 aliphatic heterocycles. The second-order valence-electron chi connectivity index (χ2n) is 6.32. The van der Waals surface area contributed by atoms with E-state index in [1.54, 1.807) is 12.4 Å². The quantitative estimate of drug-likeness (QED) is 0.733. The van der Waals surface area contributed by atoms with E-state index in [2.05, 4.69) is 22.3 Å². The van der Waals surface area contributed by atoms with Gasteiger partial charge in [0.25, 0.3) is 5.91 Å². The Balaban J connectivity index is 1.61. The minimum absolute atomic E-state index is 0.00675. The smallest absolute Gasteiger partial charge is 0.257 e. The molecule has 6 nitrogen and oxygen atoms in total. The van der Waals surface area contributed by atoms with E-state index >= 15 is 0 Å². The summed E-state index contributed by atoms with van der Waals surface area (Å²) in [5, 5.41) is 8.45. The maximum absolute atomic E-state index is 12.8. The number of likely N-dealkylation sites (tertiary alicyclic amines) is 1. The summed E-state index contributed by atoms with van der Waals surface area (Å²) in [5.74, 6) is 0.841. The van der Waals surface area contributed by atoms with E-state index in [0.29, 0.717) is 12.1 Å². The molecule has 3 aromatic rings. The molecule has 2 aromatic heterocycles. The van der Waals surface area contributed by atoms with E-state index in [0.717, 1.165) is 31.6 Å². The lowest BCUT2D eigenvalue weighted by atomic mass is 10.0. The Morgan fingerprint density at radius 1 is 1.20 bits per heavy atom. The van der Waals surface area contributed by atoms with Crippen LogP contribution in [-0.4, -0.2) is 32.1 Å². The SMILES string of the molecule is O=C(c1ccoc1)N1CCCC[C@@H]1c1nncn1Cc1ccccc1. The van der Waals surface area contributed by atoms with Crippen LogP contribution >= 0.6 is 0 Å². The molecule has 0 spiro atoms. The van der Waals surface area contributed by atoms with Gasteiger partial charge in [-0.25, -0.2) is 0 Å². The summed E-state index contributed by atoms with van der Waals surface area (Å²) in [6, 6.07) is 11.9. The number of nitrogens with zero attached hydrogens (tertiary/aromatic N) is 4. The van der Waals surface area contributed by atoms with Crippen LogP contribution < -0.4 is 0 Å². The number of carbonyl (C=O) groups excluding carboxylic acids is 1. The van der Waals surface area contributed by atoms with Crippen LogP contribution in [0.4, 0.5) is 0 Å². The van der Waals surface area contributed by atoms with Crippen molar-refractivity contribution in [2.24, 2.45) is 0 Å². The molecule has 0 aliphatic carbocycles. The predicted octanol–water partition coefficient (Wildman–Crippen LogP) is 3.29. The van der Waals surface area contributed by atoms with E-state index < -0.39 is 0 Å². The van der Waals surface area contributed by atoms with E-state index in [1.165, 1.54) is 18.1 Å². The van der Waals surface area contributed by atoms with Gasteiger partial charge in [0, 0.05) is 6.54 Å². The highest BCUT2D eigenvalue weighted by Crippen LogP contribution is 2.31. The number of hydrogen-bond donors (Lipinski definition) is 0. The van der Waals surface area contributed by atoms with Gasteiger partial charge in [-0.3, -0.25) is 4.79 Å². The van der Waals surface area contributed by atoms with Crippen LogP contribution in [-0.2, 0) is 6.54 Å². The zero-order chi connectivity index (χ0) is 17.1. The Kier molecular flexibility index (Phi) is 4.33. The summed E-state index contributed by atoms with van der Waals surface area (Å²) < 4.78 is 7.12. The molecule has 0 saturated carbocycles. The Bertz CT molecular complexity index is 826. The number of furan rings is 1. The van der Waals surface area contributed by atoms with Gasteiger partial charge in [0.2, 0.25) is 0 Å². The van der Waals surface area contributed by atoms with Gasteiger partial charge in [-0.05, 0) is 30.9 Å². The highest BCUT2D eigenvalue weighted by molar-refractivity contribution is 5.94. The lowest BCUT2D eigenvalue weighted by molar-refractivity contribution is 0.0594. The van der Waals surface area contributed by atoms with Gasteiger partial charge in [-0.1, -0.05) is 30.3 Å². The van der Waals surface area contributed by atoms with Gasteiger partial charge < -0.3 is 13.9 Å². The van der Waals surface area contributed by atoms with Crippen molar-refractivity contribution in [1.82, 2.24) is 19.7 Å². The van der Waals surface area contributed by atoms with Crippen LogP contribution in [0.3, 0.4) is 0 Å². The Labute approximate surface area is 146 Å². The molecule has 1 atom stereocenters. The molecule has 0 unspecified atom stereocenters. The molecule has 1 amide bonds. The van der Waals surface area contributed by atoms with Crippen LogP contribution in [0, 0.1) is 0 Å². The minimum atomic E-state index is -0.0534. The fourth-order valence-electron chi connectivity index (χ4n) is 3.42. The van der Waals surface area contributed by atoms with Crippen molar-refractivity contribution in [3.8, 4) is 0 Å². The van der Waals surface area contributed by atoms with Crippen LogP contribution in [0.1, 0.15) is 47.1 Å². The summed E-state index contributed by atoms with van der Waals surface area (Å²) in [6.07, 6.45) is 7.77. The standard InChI is InChI=1S/C19H20N4O2/c24-19(16-9-11-25-13-16)23-10-5-4-8-17(23)18-21-20-14-22(18)12-15-6-2-1-3-7-15/h1-3,6-7,9,11,13-14,17H,4-5,8,10,12H2/t17-/m1/s1. The third kappa shape index (κ3) is 3.20.